The van der Waals surface area contributed by atoms with Gasteiger partial charge in [0.25, 0.3) is 0 Å². The standard InChI is InChI=1S/C22H31BN2O5/c1-20(2,3)18-17(10-11-25(18)19(26)27)28-16-9-8-15(12-14(16)13-24)23-29-21(4,5)22(6,7)30-23/h8-9,12,17-18H,10-11H2,1-7H3,(H,26,27)/t17?,18-/m0/s1. The lowest BCUT2D eigenvalue weighted by molar-refractivity contribution is 0.00578. The molecule has 162 valence electrons. The molecule has 0 radical (unpaired) electrons. The fraction of sp³-hybridized carbons (Fsp3) is 0.636. The number of nitrogens with zero attached hydrogens (tertiary/aromatic N) is 2. The predicted octanol–water partition coefficient (Wildman–Crippen LogP) is 3.40. The molecule has 1 aromatic rings. The molecule has 3 rings (SSSR count). The Bertz CT molecular complexity index is 855. The van der Waals surface area contributed by atoms with Crippen molar-refractivity contribution in [1.82, 2.24) is 4.90 Å². The second-order valence-electron chi connectivity index (χ2n) is 10.2. The quantitative estimate of drug-likeness (QED) is 0.763. The summed E-state index contributed by atoms with van der Waals surface area (Å²) in [5, 5.41) is 19.3. The van der Waals surface area contributed by atoms with E-state index in [4.69, 9.17) is 14.0 Å². The van der Waals surface area contributed by atoms with E-state index in [0.29, 0.717) is 24.3 Å². The number of benzene rings is 1. The van der Waals surface area contributed by atoms with E-state index in [-0.39, 0.29) is 17.6 Å². The fourth-order valence-electron chi connectivity index (χ4n) is 4.15. The SMILES string of the molecule is CC(C)(C)[C@@H]1C(Oc2ccc(B3OC(C)(C)C(C)(C)O3)cc2C#N)CCN1C(=O)O. The van der Waals surface area contributed by atoms with Crippen LogP contribution in [0.5, 0.6) is 5.75 Å². The predicted molar refractivity (Wildman–Crippen MR) is 114 cm³/mol. The number of amides is 1. The van der Waals surface area contributed by atoms with Crippen molar-refractivity contribution in [3.05, 3.63) is 23.8 Å². The van der Waals surface area contributed by atoms with Crippen molar-refractivity contribution in [3.8, 4) is 11.8 Å². The first-order valence-electron chi connectivity index (χ1n) is 10.3. The van der Waals surface area contributed by atoms with E-state index >= 15 is 0 Å². The average molecular weight is 414 g/mol. The van der Waals surface area contributed by atoms with E-state index in [9.17, 15) is 15.2 Å². The normalized spacial score (nSPS) is 25.3. The van der Waals surface area contributed by atoms with Crippen LogP contribution in [0.4, 0.5) is 4.79 Å². The Morgan fingerprint density at radius 3 is 2.37 bits per heavy atom. The molecule has 0 spiro atoms. The number of hydrogen-bond acceptors (Lipinski definition) is 5. The largest absolute Gasteiger partial charge is 0.494 e. The Kier molecular flexibility index (Phi) is 5.59. The topological polar surface area (TPSA) is 92.0 Å². The first-order valence-corrected chi connectivity index (χ1v) is 10.3. The average Bonchev–Trinajstić information content (AvgIpc) is 3.13. The molecule has 1 aromatic carbocycles. The summed E-state index contributed by atoms with van der Waals surface area (Å²) in [4.78, 5) is 13.1. The van der Waals surface area contributed by atoms with Crippen LogP contribution in [0.1, 0.15) is 60.5 Å². The molecule has 2 atom stereocenters. The second kappa shape index (κ2) is 7.47. The number of rotatable bonds is 3. The summed E-state index contributed by atoms with van der Waals surface area (Å²) in [5.74, 6) is 0.448. The first-order chi connectivity index (χ1) is 13.8. The van der Waals surface area contributed by atoms with Crippen molar-refractivity contribution in [2.45, 2.75) is 78.2 Å². The van der Waals surface area contributed by atoms with Crippen molar-refractivity contribution in [1.29, 1.82) is 5.26 Å². The van der Waals surface area contributed by atoms with Gasteiger partial charge in [-0.05, 0) is 50.7 Å². The Morgan fingerprint density at radius 1 is 1.27 bits per heavy atom. The van der Waals surface area contributed by atoms with Crippen molar-refractivity contribution < 1.29 is 23.9 Å². The van der Waals surface area contributed by atoms with Crippen LogP contribution >= 0.6 is 0 Å². The third-order valence-corrected chi connectivity index (χ3v) is 6.40. The van der Waals surface area contributed by atoms with Crippen LogP contribution in [-0.2, 0) is 9.31 Å². The molecule has 30 heavy (non-hydrogen) atoms. The van der Waals surface area contributed by atoms with Crippen LogP contribution in [0.2, 0.25) is 0 Å². The Morgan fingerprint density at radius 2 is 1.87 bits per heavy atom. The van der Waals surface area contributed by atoms with Gasteiger partial charge < -0.3 is 24.1 Å². The minimum Gasteiger partial charge on any atom is -0.487 e. The Labute approximate surface area is 179 Å². The van der Waals surface area contributed by atoms with Gasteiger partial charge in [0, 0.05) is 13.0 Å². The molecule has 2 heterocycles. The van der Waals surface area contributed by atoms with Gasteiger partial charge in [-0.3, -0.25) is 0 Å². The van der Waals surface area contributed by atoms with E-state index in [0.717, 1.165) is 5.46 Å². The maximum atomic E-state index is 11.7. The number of ether oxygens (including phenoxy) is 1. The van der Waals surface area contributed by atoms with E-state index in [2.05, 4.69) is 6.07 Å². The molecule has 0 bridgehead atoms. The minimum atomic E-state index is -0.947. The van der Waals surface area contributed by atoms with Crippen LogP contribution in [0.15, 0.2) is 18.2 Å². The third kappa shape index (κ3) is 4.01. The minimum absolute atomic E-state index is 0.297. The number of carboxylic acid groups (broad SMARTS) is 1. The summed E-state index contributed by atoms with van der Waals surface area (Å²) >= 11 is 0. The molecular formula is C22H31BN2O5. The van der Waals surface area contributed by atoms with Crippen LogP contribution in [0.3, 0.4) is 0 Å². The van der Waals surface area contributed by atoms with E-state index in [1.54, 1.807) is 12.1 Å². The zero-order valence-corrected chi connectivity index (χ0v) is 18.9. The summed E-state index contributed by atoms with van der Waals surface area (Å²) < 4.78 is 18.4. The first kappa shape index (κ1) is 22.5. The van der Waals surface area contributed by atoms with Gasteiger partial charge in [-0.2, -0.15) is 5.26 Å². The molecule has 0 aromatic heterocycles. The molecule has 1 unspecified atom stereocenters. The third-order valence-electron chi connectivity index (χ3n) is 6.40. The number of nitriles is 1. The molecule has 0 saturated carbocycles. The molecule has 2 fully saturated rings. The molecule has 1 N–H and O–H groups in total. The molecule has 2 saturated heterocycles. The summed E-state index contributed by atoms with van der Waals surface area (Å²) in [6.07, 6.45) is -0.688. The van der Waals surface area contributed by atoms with Crippen molar-refractivity contribution in [3.63, 3.8) is 0 Å². The van der Waals surface area contributed by atoms with Gasteiger partial charge in [0.2, 0.25) is 0 Å². The highest BCUT2D eigenvalue weighted by Gasteiger charge is 2.52. The van der Waals surface area contributed by atoms with Gasteiger partial charge in [-0.1, -0.05) is 26.8 Å². The molecule has 7 nitrogen and oxygen atoms in total. The molecule has 8 heteroatoms. The van der Waals surface area contributed by atoms with Gasteiger partial charge in [0.1, 0.15) is 17.9 Å². The monoisotopic (exact) mass is 414 g/mol. The van der Waals surface area contributed by atoms with Gasteiger partial charge in [-0.25, -0.2) is 4.79 Å². The maximum Gasteiger partial charge on any atom is 0.494 e. The molecular weight excluding hydrogens is 383 g/mol. The highest BCUT2D eigenvalue weighted by Crippen LogP contribution is 2.38. The van der Waals surface area contributed by atoms with Crippen LogP contribution in [-0.4, -0.2) is 53.1 Å². The van der Waals surface area contributed by atoms with Gasteiger partial charge in [-0.15, -0.1) is 0 Å². The molecule has 0 aliphatic carbocycles. The lowest BCUT2D eigenvalue weighted by Crippen LogP contribution is -2.48. The Balaban J connectivity index is 1.85. The van der Waals surface area contributed by atoms with E-state index in [1.165, 1.54) is 4.90 Å². The zero-order chi connectivity index (χ0) is 22.5. The van der Waals surface area contributed by atoms with Gasteiger partial charge >= 0.3 is 13.2 Å². The summed E-state index contributed by atoms with van der Waals surface area (Å²) in [6, 6.07) is 7.22. The van der Waals surface area contributed by atoms with Crippen molar-refractivity contribution in [2.24, 2.45) is 5.41 Å². The van der Waals surface area contributed by atoms with Crippen LogP contribution < -0.4 is 10.2 Å². The summed E-state index contributed by atoms with van der Waals surface area (Å²) in [7, 11) is -0.563. The zero-order valence-electron chi connectivity index (χ0n) is 18.9. The van der Waals surface area contributed by atoms with Gasteiger partial charge in [0.05, 0.1) is 22.8 Å². The highest BCUT2D eigenvalue weighted by molar-refractivity contribution is 6.62. The number of likely N-dealkylation sites (tertiary alicyclic amines) is 1. The van der Waals surface area contributed by atoms with Crippen LogP contribution in [0.25, 0.3) is 0 Å². The van der Waals surface area contributed by atoms with E-state index < -0.39 is 24.4 Å². The van der Waals surface area contributed by atoms with Crippen molar-refractivity contribution in [2.75, 3.05) is 6.54 Å². The summed E-state index contributed by atoms with van der Waals surface area (Å²) in [5.41, 5.74) is -0.102. The van der Waals surface area contributed by atoms with E-state index in [1.807, 2.05) is 54.5 Å². The second-order valence-corrected chi connectivity index (χ2v) is 10.2. The maximum absolute atomic E-state index is 11.7. The number of hydrogen-bond donors (Lipinski definition) is 1. The summed E-state index contributed by atoms with van der Waals surface area (Å²) in [6.45, 7) is 14.3. The molecule has 2 aliphatic rings. The lowest BCUT2D eigenvalue weighted by Gasteiger charge is -2.36. The van der Waals surface area contributed by atoms with Crippen molar-refractivity contribution >= 4 is 18.7 Å². The molecule has 2 aliphatic heterocycles. The fourth-order valence-corrected chi connectivity index (χ4v) is 4.15. The lowest BCUT2D eigenvalue weighted by atomic mass is 9.78. The Hall–Kier alpha value is -2.24. The van der Waals surface area contributed by atoms with Crippen LogP contribution in [0, 0.1) is 16.7 Å². The number of carbonyl (C=O) groups is 1. The molecule has 1 amide bonds. The highest BCUT2D eigenvalue weighted by atomic mass is 16.7. The van der Waals surface area contributed by atoms with Gasteiger partial charge in [0.15, 0.2) is 0 Å². The smallest absolute Gasteiger partial charge is 0.487 e.